The van der Waals surface area contributed by atoms with Crippen molar-refractivity contribution in [3.8, 4) is 44.5 Å². The van der Waals surface area contributed by atoms with Crippen LogP contribution in [0.15, 0.2) is 199 Å². The molecule has 0 saturated heterocycles. The van der Waals surface area contributed by atoms with Crippen molar-refractivity contribution in [3.63, 3.8) is 0 Å². The van der Waals surface area contributed by atoms with Crippen LogP contribution in [0.25, 0.3) is 66.4 Å². The van der Waals surface area contributed by atoms with Gasteiger partial charge in [0.15, 0.2) is 0 Å². The number of para-hydroxylation sites is 1. The molecule has 9 rings (SSSR count). The van der Waals surface area contributed by atoms with E-state index in [1.807, 2.05) is 12.1 Å². The predicted octanol–water partition coefficient (Wildman–Crippen LogP) is 15.0. The zero-order valence-electron chi connectivity index (χ0n) is 30.8. The van der Waals surface area contributed by atoms with Gasteiger partial charge in [0.25, 0.3) is 0 Å². The lowest BCUT2D eigenvalue weighted by molar-refractivity contribution is 0.591. The van der Waals surface area contributed by atoms with E-state index in [9.17, 15) is 0 Å². The van der Waals surface area contributed by atoms with E-state index in [1.54, 1.807) is 0 Å². The summed E-state index contributed by atoms with van der Waals surface area (Å²) < 4.78 is 6.14. The summed E-state index contributed by atoms with van der Waals surface area (Å²) in [6.45, 7) is 6.97. The van der Waals surface area contributed by atoms with E-state index < -0.39 is 0 Å². The van der Waals surface area contributed by atoms with Crippen molar-refractivity contribution in [2.75, 3.05) is 4.90 Å². The Labute approximate surface area is 317 Å². The third-order valence-corrected chi connectivity index (χ3v) is 10.4. The second-order valence-electron chi connectivity index (χ2n) is 15.0. The maximum Gasteiger partial charge on any atom is 0.135 e. The second kappa shape index (κ2) is 13.7. The second-order valence-corrected chi connectivity index (χ2v) is 15.0. The fourth-order valence-electron chi connectivity index (χ4n) is 7.63. The Bertz CT molecular complexity index is 2700. The van der Waals surface area contributed by atoms with E-state index >= 15 is 0 Å². The van der Waals surface area contributed by atoms with Crippen molar-refractivity contribution >= 4 is 39.0 Å². The van der Waals surface area contributed by atoms with Gasteiger partial charge in [-0.2, -0.15) is 0 Å². The molecule has 0 N–H and O–H groups in total. The molecule has 2 nitrogen and oxygen atoms in total. The van der Waals surface area contributed by atoms with Gasteiger partial charge < -0.3 is 9.32 Å². The first-order chi connectivity index (χ1) is 26.4. The molecular weight excluding hydrogens is 655 g/mol. The molecule has 0 fully saturated rings. The molecule has 0 radical (unpaired) electrons. The quantitative estimate of drug-likeness (QED) is 0.165. The highest BCUT2D eigenvalue weighted by Crippen LogP contribution is 2.49. The Hall–Kier alpha value is -6.64. The number of nitrogens with zero attached hydrogens (tertiary/aromatic N) is 1. The minimum Gasteiger partial charge on any atom is -0.456 e. The van der Waals surface area contributed by atoms with Crippen LogP contribution in [0.2, 0.25) is 0 Å². The number of fused-ring (bicyclic) bond motifs is 3. The normalized spacial score (nSPS) is 11.6. The average molecular weight is 696 g/mol. The summed E-state index contributed by atoms with van der Waals surface area (Å²) in [6, 6.07) is 69.8. The van der Waals surface area contributed by atoms with Gasteiger partial charge in [-0.3, -0.25) is 0 Å². The third-order valence-electron chi connectivity index (χ3n) is 10.4. The molecule has 2 heteroatoms. The molecule has 1 aromatic heterocycles. The largest absolute Gasteiger partial charge is 0.456 e. The standard InChI is InChI=1S/C52H41NO/c1-52(2,3)48-35-42(37-17-9-5-10-18-37)34-46(40-19-11-6-12-20-40)51(48)53(43-28-23-38(24-29-43)36-15-7-4-8-16-36)44-30-25-39(26-31-44)41-27-32-50-47(33-41)45-21-13-14-22-49(45)54-50/h4-35H,1-3H3. The lowest BCUT2D eigenvalue weighted by atomic mass is 9.80. The smallest absolute Gasteiger partial charge is 0.135 e. The highest BCUT2D eigenvalue weighted by Gasteiger charge is 2.28. The van der Waals surface area contributed by atoms with Crippen molar-refractivity contribution in [2.24, 2.45) is 0 Å². The Kier molecular flexibility index (Phi) is 8.44. The van der Waals surface area contributed by atoms with Gasteiger partial charge in [-0.05, 0) is 105 Å². The van der Waals surface area contributed by atoms with Gasteiger partial charge >= 0.3 is 0 Å². The van der Waals surface area contributed by atoms with Gasteiger partial charge in [0.1, 0.15) is 11.2 Å². The van der Waals surface area contributed by atoms with Crippen molar-refractivity contribution in [2.45, 2.75) is 26.2 Å². The van der Waals surface area contributed by atoms with E-state index in [-0.39, 0.29) is 5.41 Å². The molecular formula is C52H41NO. The van der Waals surface area contributed by atoms with E-state index in [1.165, 1.54) is 44.6 Å². The summed E-state index contributed by atoms with van der Waals surface area (Å²) in [7, 11) is 0. The number of rotatable bonds is 7. The van der Waals surface area contributed by atoms with Crippen molar-refractivity contribution in [1.82, 2.24) is 0 Å². The predicted molar refractivity (Wildman–Crippen MR) is 229 cm³/mol. The first-order valence-corrected chi connectivity index (χ1v) is 18.7. The lowest BCUT2D eigenvalue weighted by Gasteiger charge is -2.35. The lowest BCUT2D eigenvalue weighted by Crippen LogP contribution is -2.20. The molecule has 1 heterocycles. The molecule has 0 spiro atoms. The van der Waals surface area contributed by atoms with Gasteiger partial charge in [0.05, 0.1) is 5.69 Å². The van der Waals surface area contributed by atoms with E-state index in [4.69, 9.17) is 4.42 Å². The molecule has 260 valence electrons. The Morgan fingerprint density at radius 1 is 0.370 bits per heavy atom. The summed E-state index contributed by atoms with van der Waals surface area (Å²) >= 11 is 0. The number of furan rings is 1. The molecule has 0 saturated carbocycles. The highest BCUT2D eigenvalue weighted by molar-refractivity contribution is 6.06. The fraction of sp³-hybridized carbons (Fsp3) is 0.0769. The topological polar surface area (TPSA) is 16.4 Å². The molecule has 0 bridgehead atoms. The molecule has 0 aliphatic heterocycles. The Balaban J connectivity index is 1.25. The van der Waals surface area contributed by atoms with Crippen LogP contribution in [0.3, 0.4) is 0 Å². The summed E-state index contributed by atoms with van der Waals surface area (Å²) in [5, 5.41) is 2.27. The number of hydrogen-bond acceptors (Lipinski definition) is 2. The van der Waals surface area contributed by atoms with Crippen LogP contribution in [0.4, 0.5) is 17.1 Å². The van der Waals surface area contributed by atoms with E-state index in [0.29, 0.717) is 0 Å². The van der Waals surface area contributed by atoms with Crippen LogP contribution in [0, 0.1) is 0 Å². The van der Waals surface area contributed by atoms with Crippen molar-refractivity contribution in [3.05, 3.63) is 200 Å². The molecule has 0 unspecified atom stereocenters. The van der Waals surface area contributed by atoms with Gasteiger partial charge in [0, 0.05) is 27.7 Å². The molecule has 0 amide bonds. The number of anilines is 3. The number of benzene rings is 8. The zero-order valence-corrected chi connectivity index (χ0v) is 30.8. The SMILES string of the molecule is CC(C)(C)c1cc(-c2ccccc2)cc(-c2ccccc2)c1N(c1ccc(-c2ccccc2)cc1)c1ccc(-c2ccc3oc4ccccc4c3c2)cc1. The molecule has 9 aromatic rings. The zero-order chi connectivity index (χ0) is 36.6. The van der Waals surface area contributed by atoms with Gasteiger partial charge in [-0.1, -0.05) is 160 Å². The summed E-state index contributed by atoms with van der Waals surface area (Å²) in [5.74, 6) is 0. The average Bonchev–Trinajstić information content (AvgIpc) is 3.60. The number of hydrogen-bond donors (Lipinski definition) is 0. The van der Waals surface area contributed by atoms with Crippen LogP contribution >= 0.6 is 0 Å². The van der Waals surface area contributed by atoms with Gasteiger partial charge in [-0.15, -0.1) is 0 Å². The van der Waals surface area contributed by atoms with Crippen LogP contribution in [-0.4, -0.2) is 0 Å². The summed E-state index contributed by atoms with van der Waals surface area (Å²) in [4.78, 5) is 2.46. The molecule has 0 aliphatic rings. The Morgan fingerprint density at radius 2 is 0.833 bits per heavy atom. The first kappa shape index (κ1) is 33.2. The summed E-state index contributed by atoms with van der Waals surface area (Å²) in [6.07, 6.45) is 0. The monoisotopic (exact) mass is 695 g/mol. The van der Waals surface area contributed by atoms with Gasteiger partial charge in [0.2, 0.25) is 0 Å². The van der Waals surface area contributed by atoms with Crippen LogP contribution in [0.5, 0.6) is 0 Å². The van der Waals surface area contributed by atoms with Crippen molar-refractivity contribution < 1.29 is 4.42 Å². The first-order valence-electron chi connectivity index (χ1n) is 18.7. The third kappa shape index (κ3) is 6.27. The van der Waals surface area contributed by atoms with E-state index in [0.717, 1.165) is 44.4 Å². The molecule has 54 heavy (non-hydrogen) atoms. The van der Waals surface area contributed by atoms with Gasteiger partial charge in [-0.25, -0.2) is 0 Å². The maximum atomic E-state index is 6.14. The fourth-order valence-corrected chi connectivity index (χ4v) is 7.63. The highest BCUT2D eigenvalue weighted by atomic mass is 16.3. The molecule has 0 atom stereocenters. The van der Waals surface area contributed by atoms with Crippen LogP contribution < -0.4 is 4.90 Å². The van der Waals surface area contributed by atoms with Crippen molar-refractivity contribution in [1.29, 1.82) is 0 Å². The van der Waals surface area contributed by atoms with Crippen LogP contribution in [-0.2, 0) is 5.41 Å². The molecule has 8 aromatic carbocycles. The molecule has 0 aliphatic carbocycles. The van der Waals surface area contributed by atoms with Crippen LogP contribution in [0.1, 0.15) is 26.3 Å². The Morgan fingerprint density at radius 3 is 1.43 bits per heavy atom. The van der Waals surface area contributed by atoms with E-state index in [2.05, 4.69) is 208 Å². The maximum absolute atomic E-state index is 6.14. The minimum absolute atomic E-state index is 0.172. The minimum atomic E-state index is -0.172. The summed E-state index contributed by atoms with van der Waals surface area (Å²) in [5.41, 5.74) is 15.8.